The number of hydrogen-bond donors (Lipinski definition) is 1. The Morgan fingerprint density at radius 1 is 1.56 bits per heavy atom. The number of para-hydroxylation sites is 1. The lowest BCUT2D eigenvalue weighted by molar-refractivity contribution is 0.0789. The molecule has 1 amide bonds. The first-order chi connectivity index (χ1) is 7.59. The Labute approximate surface area is 94.0 Å². The van der Waals surface area contributed by atoms with Crippen LogP contribution >= 0.6 is 0 Å². The molecule has 86 valence electrons. The molecule has 0 aliphatic heterocycles. The quantitative estimate of drug-likeness (QED) is 0.794. The largest absolute Gasteiger partial charge is 0.396 e. The Kier molecular flexibility index (Phi) is 2.81. The fourth-order valence-corrected chi connectivity index (χ4v) is 1.70. The van der Waals surface area contributed by atoms with Crippen LogP contribution in [0.4, 0.5) is 10.1 Å². The molecule has 1 aliphatic carbocycles. The molecular weight excluding hydrogens is 207 g/mol. The van der Waals surface area contributed by atoms with Gasteiger partial charge in [-0.15, -0.1) is 0 Å². The molecule has 0 saturated heterocycles. The van der Waals surface area contributed by atoms with Crippen LogP contribution in [0.25, 0.3) is 0 Å². The Morgan fingerprint density at radius 3 is 2.88 bits per heavy atom. The van der Waals surface area contributed by atoms with Gasteiger partial charge in [0.1, 0.15) is 5.82 Å². The van der Waals surface area contributed by atoms with E-state index in [-0.39, 0.29) is 17.2 Å². The molecule has 0 spiro atoms. The van der Waals surface area contributed by atoms with Gasteiger partial charge in [0.05, 0.1) is 11.3 Å². The van der Waals surface area contributed by atoms with Crippen molar-refractivity contribution in [1.82, 2.24) is 4.90 Å². The number of carbonyl (C=O) groups excluding carboxylic acids is 1. The zero-order valence-electron chi connectivity index (χ0n) is 9.24. The molecule has 0 aromatic heterocycles. The maximum Gasteiger partial charge on any atom is 0.255 e. The van der Waals surface area contributed by atoms with E-state index in [2.05, 4.69) is 0 Å². The molecule has 1 aliphatic rings. The molecule has 16 heavy (non-hydrogen) atoms. The second kappa shape index (κ2) is 4.12. The van der Waals surface area contributed by atoms with Crippen LogP contribution in [-0.2, 0) is 0 Å². The third-order valence-corrected chi connectivity index (χ3v) is 2.86. The van der Waals surface area contributed by atoms with E-state index in [9.17, 15) is 9.18 Å². The van der Waals surface area contributed by atoms with Crippen LogP contribution in [0.2, 0.25) is 0 Å². The molecule has 0 unspecified atom stereocenters. The van der Waals surface area contributed by atoms with E-state index in [1.54, 1.807) is 18.0 Å². The topological polar surface area (TPSA) is 46.3 Å². The lowest BCUT2D eigenvalue weighted by Crippen LogP contribution is -2.29. The molecule has 2 N–H and O–H groups in total. The van der Waals surface area contributed by atoms with Gasteiger partial charge in [-0.05, 0) is 30.9 Å². The first-order valence-electron chi connectivity index (χ1n) is 5.39. The molecule has 4 heteroatoms. The summed E-state index contributed by atoms with van der Waals surface area (Å²) in [4.78, 5) is 13.6. The summed E-state index contributed by atoms with van der Waals surface area (Å²) >= 11 is 0. The van der Waals surface area contributed by atoms with Crippen molar-refractivity contribution in [3.8, 4) is 0 Å². The summed E-state index contributed by atoms with van der Waals surface area (Å²) in [5.74, 6) is -0.127. The first-order valence-corrected chi connectivity index (χ1v) is 5.39. The van der Waals surface area contributed by atoms with Crippen LogP contribution < -0.4 is 5.73 Å². The highest BCUT2D eigenvalue weighted by atomic mass is 19.1. The standard InChI is InChI=1S/C12H15FN2O/c1-15(7-8-5-6-8)12(16)9-3-2-4-10(13)11(9)14/h2-4,8H,5-7,14H2,1H3. The number of nitrogens with zero attached hydrogens (tertiary/aromatic N) is 1. The fourth-order valence-electron chi connectivity index (χ4n) is 1.70. The third-order valence-electron chi connectivity index (χ3n) is 2.86. The zero-order chi connectivity index (χ0) is 11.7. The Morgan fingerprint density at radius 2 is 2.25 bits per heavy atom. The fraction of sp³-hybridized carbons (Fsp3) is 0.417. The van der Waals surface area contributed by atoms with Gasteiger partial charge in [-0.25, -0.2) is 4.39 Å². The number of carbonyl (C=O) groups is 1. The second-order valence-electron chi connectivity index (χ2n) is 4.33. The van der Waals surface area contributed by atoms with Crippen LogP contribution in [-0.4, -0.2) is 24.4 Å². The van der Waals surface area contributed by atoms with Gasteiger partial charge in [0, 0.05) is 13.6 Å². The second-order valence-corrected chi connectivity index (χ2v) is 4.33. The molecule has 0 heterocycles. The number of anilines is 1. The number of halogens is 1. The van der Waals surface area contributed by atoms with Gasteiger partial charge < -0.3 is 10.6 Å². The van der Waals surface area contributed by atoms with Gasteiger partial charge in [0.15, 0.2) is 0 Å². The van der Waals surface area contributed by atoms with Crippen molar-refractivity contribution in [3.05, 3.63) is 29.6 Å². The molecule has 1 aromatic rings. The van der Waals surface area contributed by atoms with Gasteiger partial charge in [-0.2, -0.15) is 0 Å². The highest BCUT2D eigenvalue weighted by Gasteiger charge is 2.26. The van der Waals surface area contributed by atoms with E-state index < -0.39 is 5.82 Å². The Bertz CT molecular complexity index is 415. The van der Waals surface area contributed by atoms with Crippen LogP contribution in [0.5, 0.6) is 0 Å². The predicted octanol–water partition coefficient (Wildman–Crippen LogP) is 1.89. The molecule has 0 bridgehead atoms. The lowest BCUT2D eigenvalue weighted by Gasteiger charge is -2.17. The van der Waals surface area contributed by atoms with E-state index in [1.807, 2.05) is 0 Å². The Balaban J connectivity index is 2.15. The van der Waals surface area contributed by atoms with Crippen LogP contribution in [0.3, 0.4) is 0 Å². The maximum absolute atomic E-state index is 13.2. The minimum atomic E-state index is -0.536. The van der Waals surface area contributed by atoms with E-state index in [4.69, 9.17) is 5.73 Å². The lowest BCUT2D eigenvalue weighted by atomic mass is 10.1. The highest BCUT2D eigenvalue weighted by Crippen LogP contribution is 2.30. The van der Waals surface area contributed by atoms with E-state index in [0.29, 0.717) is 5.92 Å². The summed E-state index contributed by atoms with van der Waals surface area (Å²) in [7, 11) is 1.73. The summed E-state index contributed by atoms with van der Waals surface area (Å²) in [5.41, 5.74) is 5.74. The smallest absolute Gasteiger partial charge is 0.255 e. The van der Waals surface area contributed by atoms with E-state index in [0.717, 1.165) is 6.54 Å². The van der Waals surface area contributed by atoms with Crippen molar-refractivity contribution in [2.24, 2.45) is 5.92 Å². The van der Waals surface area contributed by atoms with Crippen molar-refractivity contribution in [2.45, 2.75) is 12.8 Å². The van der Waals surface area contributed by atoms with Crippen molar-refractivity contribution in [1.29, 1.82) is 0 Å². The molecule has 3 nitrogen and oxygen atoms in total. The molecule has 1 fully saturated rings. The molecule has 1 saturated carbocycles. The number of hydrogen-bond acceptors (Lipinski definition) is 2. The minimum absolute atomic E-state index is 0.0600. The maximum atomic E-state index is 13.2. The zero-order valence-corrected chi connectivity index (χ0v) is 9.24. The van der Waals surface area contributed by atoms with Crippen molar-refractivity contribution in [3.63, 3.8) is 0 Å². The predicted molar refractivity (Wildman–Crippen MR) is 60.5 cm³/mol. The first kappa shape index (κ1) is 10.9. The van der Waals surface area contributed by atoms with Crippen molar-refractivity contribution < 1.29 is 9.18 Å². The van der Waals surface area contributed by atoms with Crippen LogP contribution in [0.1, 0.15) is 23.2 Å². The summed E-state index contributed by atoms with van der Waals surface area (Å²) in [5, 5.41) is 0. The summed E-state index contributed by atoms with van der Waals surface area (Å²) in [6.07, 6.45) is 2.35. The van der Waals surface area contributed by atoms with Gasteiger partial charge in [0.25, 0.3) is 5.91 Å². The third kappa shape index (κ3) is 2.15. The van der Waals surface area contributed by atoms with E-state index >= 15 is 0 Å². The molecule has 2 rings (SSSR count). The number of amides is 1. The van der Waals surface area contributed by atoms with Crippen molar-refractivity contribution >= 4 is 11.6 Å². The molecule has 1 aromatic carbocycles. The monoisotopic (exact) mass is 222 g/mol. The van der Waals surface area contributed by atoms with Gasteiger partial charge in [-0.3, -0.25) is 4.79 Å². The summed E-state index contributed by atoms with van der Waals surface area (Å²) in [6.45, 7) is 0.731. The average molecular weight is 222 g/mol. The molecule has 0 atom stereocenters. The van der Waals surface area contributed by atoms with Gasteiger partial charge in [0.2, 0.25) is 0 Å². The highest BCUT2D eigenvalue weighted by molar-refractivity contribution is 5.99. The van der Waals surface area contributed by atoms with E-state index in [1.165, 1.54) is 25.0 Å². The summed E-state index contributed by atoms with van der Waals surface area (Å²) in [6, 6.07) is 4.32. The number of benzene rings is 1. The SMILES string of the molecule is CN(CC1CC1)C(=O)c1cccc(F)c1N. The number of rotatable bonds is 3. The molecular formula is C12H15FN2O. The van der Waals surface area contributed by atoms with Gasteiger partial charge in [-0.1, -0.05) is 6.07 Å². The normalized spacial score (nSPS) is 14.9. The van der Waals surface area contributed by atoms with Crippen LogP contribution in [0, 0.1) is 11.7 Å². The van der Waals surface area contributed by atoms with Gasteiger partial charge >= 0.3 is 0 Å². The van der Waals surface area contributed by atoms with Crippen molar-refractivity contribution in [2.75, 3.05) is 19.3 Å². The average Bonchev–Trinajstić information content (AvgIpc) is 3.05. The summed E-state index contributed by atoms with van der Waals surface area (Å²) < 4.78 is 13.2. The van der Waals surface area contributed by atoms with Crippen LogP contribution in [0.15, 0.2) is 18.2 Å². The Hall–Kier alpha value is -1.58. The number of nitrogens with two attached hydrogens (primary N) is 1. The number of nitrogen functional groups attached to an aromatic ring is 1. The minimum Gasteiger partial charge on any atom is -0.396 e. The molecule has 0 radical (unpaired) electrons.